The van der Waals surface area contributed by atoms with Crippen LogP contribution in [0.4, 0.5) is 0 Å². The van der Waals surface area contributed by atoms with E-state index in [0.29, 0.717) is 23.5 Å². The van der Waals surface area contributed by atoms with Crippen molar-refractivity contribution in [3.8, 4) is 5.75 Å². The Labute approximate surface area is 135 Å². The van der Waals surface area contributed by atoms with Crippen molar-refractivity contribution in [2.75, 3.05) is 0 Å². The Morgan fingerprint density at radius 2 is 2.00 bits per heavy atom. The van der Waals surface area contributed by atoms with E-state index in [1.807, 2.05) is 6.07 Å². The Balaban J connectivity index is 1.79. The van der Waals surface area contributed by atoms with Gasteiger partial charge in [-0.1, -0.05) is 23.3 Å². The molecule has 23 heavy (non-hydrogen) atoms. The minimum atomic E-state index is -0.0368. The van der Waals surface area contributed by atoms with Crippen LogP contribution in [0.2, 0.25) is 0 Å². The number of benzene rings is 1. The first-order valence-corrected chi connectivity index (χ1v) is 8.34. The highest BCUT2D eigenvalue weighted by atomic mass is 16.4. The molecule has 5 heteroatoms. The third-order valence-electron chi connectivity index (χ3n) is 6.60. The molecule has 0 aliphatic heterocycles. The van der Waals surface area contributed by atoms with Gasteiger partial charge in [0.2, 0.25) is 0 Å². The molecule has 0 heterocycles. The lowest BCUT2D eigenvalue weighted by molar-refractivity contribution is 0.108. The van der Waals surface area contributed by atoms with Crippen molar-refractivity contribution in [3.05, 3.63) is 29.3 Å². The minimum Gasteiger partial charge on any atom is -0.508 e. The monoisotopic (exact) mass is 314 g/mol. The van der Waals surface area contributed by atoms with E-state index >= 15 is 0 Å². The van der Waals surface area contributed by atoms with Gasteiger partial charge in [0, 0.05) is 11.0 Å². The molecular weight excluding hydrogens is 292 g/mol. The topological polar surface area (TPSA) is 85.4 Å². The summed E-state index contributed by atoms with van der Waals surface area (Å²) in [5.74, 6) is 1.48. The SMILES string of the molecule is C[C@]12CCC3c4ccc(O)cc4/C(=N/O)CC3C1CC/C2=N/O. The predicted molar refractivity (Wildman–Crippen MR) is 86.6 cm³/mol. The third kappa shape index (κ3) is 1.92. The Kier molecular flexibility index (Phi) is 3.15. The number of oxime groups is 2. The maximum Gasteiger partial charge on any atom is 0.116 e. The van der Waals surface area contributed by atoms with Crippen molar-refractivity contribution in [2.45, 2.75) is 44.9 Å². The predicted octanol–water partition coefficient (Wildman–Crippen LogP) is 3.71. The summed E-state index contributed by atoms with van der Waals surface area (Å²) in [4.78, 5) is 0. The first-order chi connectivity index (χ1) is 11.1. The van der Waals surface area contributed by atoms with E-state index in [9.17, 15) is 15.5 Å². The van der Waals surface area contributed by atoms with Gasteiger partial charge in [0.15, 0.2) is 0 Å². The first kappa shape index (κ1) is 14.5. The fraction of sp³-hybridized carbons (Fsp3) is 0.556. The van der Waals surface area contributed by atoms with E-state index in [1.54, 1.807) is 12.1 Å². The highest BCUT2D eigenvalue weighted by molar-refractivity contribution is 6.03. The second-order valence-corrected chi connectivity index (χ2v) is 7.44. The first-order valence-electron chi connectivity index (χ1n) is 8.34. The Bertz CT molecular complexity index is 712. The zero-order chi connectivity index (χ0) is 16.2. The molecule has 0 amide bonds. The van der Waals surface area contributed by atoms with Gasteiger partial charge in [-0.2, -0.15) is 0 Å². The van der Waals surface area contributed by atoms with E-state index in [-0.39, 0.29) is 11.2 Å². The van der Waals surface area contributed by atoms with E-state index in [4.69, 9.17) is 0 Å². The molecule has 122 valence electrons. The highest BCUT2D eigenvalue weighted by Crippen LogP contribution is 2.59. The number of hydrogen-bond acceptors (Lipinski definition) is 5. The average molecular weight is 314 g/mol. The van der Waals surface area contributed by atoms with Crippen molar-refractivity contribution >= 4 is 11.4 Å². The van der Waals surface area contributed by atoms with Crippen LogP contribution in [-0.4, -0.2) is 26.9 Å². The zero-order valence-corrected chi connectivity index (χ0v) is 13.2. The molecule has 2 saturated carbocycles. The number of fused-ring (bicyclic) bond motifs is 5. The minimum absolute atomic E-state index is 0.0368. The van der Waals surface area contributed by atoms with Crippen LogP contribution in [0.15, 0.2) is 28.5 Å². The fourth-order valence-electron chi connectivity index (χ4n) is 5.46. The summed E-state index contributed by atoms with van der Waals surface area (Å²) in [6, 6.07) is 5.41. The van der Waals surface area contributed by atoms with Gasteiger partial charge in [-0.05, 0) is 67.6 Å². The molecule has 5 nitrogen and oxygen atoms in total. The van der Waals surface area contributed by atoms with Crippen LogP contribution in [0.5, 0.6) is 5.75 Å². The zero-order valence-electron chi connectivity index (χ0n) is 13.2. The smallest absolute Gasteiger partial charge is 0.116 e. The molecule has 4 atom stereocenters. The molecule has 1 aromatic carbocycles. The largest absolute Gasteiger partial charge is 0.508 e. The van der Waals surface area contributed by atoms with Gasteiger partial charge in [-0.25, -0.2) is 0 Å². The van der Waals surface area contributed by atoms with Crippen LogP contribution in [0.1, 0.15) is 56.1 Å². The standard InChI is InChI=1S/C18H22N2O3/c1-18-7-6-12-11-3-2-10(21)8-14(11)16(19-22)9-13(12)15(18)4-5-17(18)20-23/h2-3,8,12-13,15,21-23H,4-7,9H2,1H3/b19-16+,20-17-/t12?,13?,15?,18-/m0/s1. The summed E-state index contributed by atoms with van der Waals surface area (Å²) >= 11 is 0. The van der Waals surface area contributed by atoms with Crippen LogP contribution in [-0.2, 0) is 0 Å². The van der Waals surface area contributed by atoms with Gasteiger partial charge < -0.3 is 15.5 Å². The van der Waals surface area contributed by atoms with Crippen molar-refractivity contribution in [1.82, 2.24) is 0 Å². The normalized spacial score (nSPS) is 39.1. The van der Waals surface area contributed by atoms with Crippen LogP contribution in [0, 0.1) is 17.3 Å². The van der Waals surface area contributed by atoms with Gasteiger partial charge in [-0.3, -0.25) is 0 Å². The van der Waals surface area contributed by atoms with Crippen molar-refractivity contribution < 1.29 is 15.5 Å². The molecule has 2 fully saturated rings. The lowest BCUT2D eigenvalue weighted by Gasteiger charge is -2.48. The lowest BCUT2D eigenvalue weighted by Crippen LogP contribution is -2.43. The van der Waals surface area contributed by atoms with Gasteiger partial charge in [-0.15, -0.1) is 0 Å². The van der Waals surface area contributed by atoms with E-state index in [0.717, 1.165) is 43.4 Å². The van der Waals surface area contributed by atoms with Gasteiger partial charge in [0.1, 0.15) is 5.75 Å². The summed E-state index contributed by atoms with van der Waals surface area (Å²) in [5, 5.41) is 35.7. The van der Waals surface area contributed by atoms with Gasteiger partial charge in [0.25, 0.3) is 0 Å². The molecule has 3 unspecified atom stereocenters. The Morgan fingerprint density at radius 1 is 1.17 bits per heavy atom. The van der Waals surface area contributed by atoms with Crippen molar-refractivity contribution in [1.29, 1.82) is 0 Å². The number of hydrogen-bond donors (Lipinski definition) is 3. The van der Waals surface area contributed by atoms with E-state index in [1.165, 1.54) is 5.56 Å². The molecule has 3 N–H and O–H groups in total. The molecule has 0 saturated heterocycles. The molecule has 3 aliphatic carbocycles. The molecule has 0 bridgehead atoms. The van der Waals surface area contributed by atoms with Crippen LogP contribution in [0.25, 0.3) is 0 Å². The lowest BCUT2D eigenvalue weighted by atomic mass is 9.55. The maximum absolute atomic E-state index is 9.78. The summed E-state index contributed by atoms with van der Waals surface area (Å²) in [5.41, 5.74) is 3.62. The number of nitrogens with zero attached hydrogens (tertiary/aromatic N) is 2. The second kappa shape index (κ2) is 4.98. The van der Waals surface area contributed by atoms with Crippen molar-refractivity contribution in [2.24, 2.45) is 27.6 Å². The molecule has 0 radical (unpaired) electrons. The summed E-state index contributed by atoms with van der Waals surface area (Å²) in [6.07, 6.45) is 4.66. The highest BCUT2D eigenvalue weighted by Gasteiger charge is 2.54. The molecule has 1 aromatic rings. The number of phenolic OH excluding ortho intramolecular Hbond substituents is 1. The number of rotatable bonds is 0. The molecular formula is C18H22N2O3. The molecule has 4 rings (SSSR count). The van der Waals surface area contributed by atoms with Gasteiger partial charge in [0.05, 0.1) is 11.4 Å². The Morgan fingerprint density at radius 3 is 2.74 bits per heavy atom. The van der Waals surface area contributed by atoms with Crippen molar-refractivity contribution in [3.63, 3.8) is 0 Å². The van der Waals surface area contributed by atoms with Crippen LogP contribution < -0.4 is 0 Å². The summed E-state index contributed by atoms with van der Waals surface area (Å²) < 4.78 is 0. The van der Waals surface area contributed by atoms with Gasteiger partial charge >= 0.3 is 0 Å². The second-order valence-electron chi connectivity index (χ2n) is 7.44. The number of phenols is 1. The molecule has 0 spiro atoms. The summed E-state index contributed by atoms with van der Waals surface area (Å²) in [6.45, 7) is 2.22. The third-order valence-corrected chi connectivity index (χ3v) is 6.60. The average Bonchev–Trinajstić information content (AvgIpc) is 2.90. The molecule has 0 aromatic heterocycles. The maximum atomic E-state index is 9.78. The van der Waals surface area contributed by atoms with E-state index in [2.05, 4.69) is 17.2 Å². The molecule has 3 aliphatic rings. The fourth-order valence-corrected chi connectivity index (χ4v) is 5.46. The van der Waals surface area contributed by atoms with Crippen LogP contribution >= 0.6 is 0 Å². The van der Waals surface area contributed by atoms with E-state index < -0.39 is 0 Å². The summed E-state index contributed by atoms with van der Waals surface area (Å²) in [7, 11) is 0. The quantitative estimate of drug-likeness (QED) is 0.504. The van der Waals surface area contributed by atoms with Crippen LogP contribution in [0.3, 0.4) is 0 Å². The number of aromatic hydroxyl groups is 1. The Hall–Kier alpha value is -2.04.